The van der Waals surface area contributed by atoms with Gasteiger partial charge in [0.2, 0.25) is 0 Å². The van der Waals surface area contributed by atoms with Crippen molar-refractivity contribution in [3.63, 3.8) is 0 Å². The molecule has 5 unspecified atom stereocenters. The maximum Gasteiger partial charge on any atom is 0.193 e. The Morgan fingerprint density at radius 1 is 0.660 bits per heavy atom. The summed E-state index contributed by atoms with van der Waals surface area (Å²) in [7, 11) is -10.3. The van der Waals surface area contributed by atoms with E-state index in [-0.39, 0.29) is 115 Å². The molecule has 6 heterocycles. The predicted octanol–water partition coefficient (Wildman–Crippen LogP) is 19.8. The molecule has 0 N–H and O–H groups in total. The Balaban J connectivity index is 1.28. The van der Waals surface area contributed by atoms with Gasteiger partial charge in [0.1, 0.15) is 24.4 Å². The third-order valence-corrected chi connectivity index (χ3v) is 49.3. The van der Waals surface area contributed by atoms with E-state index in [9.17, 15) is 8.76 Å². The molecule has 100 heavy (non-hydrogen) atoms. The van der Waals surface area contributed by atoms with Gasteiger partial charge in [-0.05, 0) is 204 Å². The molecule has 0 aliphatic carbocycles. The van der Waals surface area contributed by atoms with Crippen molar-refractivity contribution in [1.29, 1.82) is 0 Å². The van der Waals surface area contributed by atoms with Gasteiger partial charge in [-0.15, -0.1) is 0 Å². The average Bonchev–Trinajstić information content (AvgIpc) is 0.974. The summed E-state index contributed by atoms with van der Waals surface area (Å²) >= 11 is -0.140. The van der Waals surface area contributed by atoms with Gasteiger partial charge >= 0.3 is 0 Å². The lowest BCUT2D eigenvalue weighted by molar-refractivity contribution is -0.268. The molecule has 0 saturated carbocycles. The molecule has 6 saturated heterocycles. The number of ether oxygens (including phenoxy) is 8. The topological polar surface area (TPSA) is 160 Å². The summed E-state index contributed by atoms with van der Waals surface area (Å²) in [5.74, 6) is -0.137. The van der Waals surface area contributed by atoms with Crippen LogP contribution >= 0.6 is 22.6 Å². The number of fused-ring (bicyclic) bond motifs is 1. The molecule has 22 heteroatoms. The maximum atomic E-state index is 13.1. The van der Waals surface area contributed by atoms with Crippen LogP contribution < -0.4 is 0 Å². The van der Waals surface area contributed by atoms with Crippen molar-refractivity contribution in [2.24, 2.45) is 11.8 Å². The van der Waals surface area contributed by atoms with E-state index < -0.39 is 83.2 Å². The summed E-state index contributed by atoms with van der Waals surface area (Å²) in [6, 6.07) is 7.52. The fourth-order valence-electron chi connectivity index (χ4n) is 14.2. The molecule has 15 nitrogen and oxygen atoms in total. The highest BCUT2D eigenvalue weighted by molar-refractivity contribution is 14.1. The Labute approximate surface area is 629 Å². The van der Waals surface area contributed by atoms with E-state index >= 15 is 0 Å². The first-order valence-electron chi connectivity index (χ1n) is 38.1. The van der Waals surface area contributed by atoms with E-state index in [1.54, 1.807) is 6.07 Å². The largest absolute Gasteiger partial charge is 0.768 e. The highest BCUT2D eigenvalue weighted by Gasteiger charge is 2.59. The van der Waals surface area contributed by atoms with E-state index in [1.807, 2.05) is 19.2 Å². The van der Waals surface area contributed by atoms with E-state index in [2.05, 4.69) is 222 Å². The van der Waals surface area contributed by atoms with Crippen LogP contribution in [-0.2, 0) is 71.1 Å². The van der Waals surface area contributed by atoms with Crippen molar-refractivity contribution in [3.05, 3.63) is 64.3 Å². The molecule has 0 spiro atoms. The molecular formula is C78H140IO15SSi5-. The van der Waals surface area contributed by atoms with E-state index in [0.717, 1.165) is 55.2 Å². The van der Waals surface area contributed by atoms with Crippen LogP contribution in [0.5, 0.6) is 0 Å². The fourth-order valence-corrected chi connectivity index (χ4v) is 21.3. The molecule has 576 valence electrons. The predicted molar refractivity (Wildman–Crippen MR) is 427 cm³/mol. The molecule has 0 aromatic heterocycles. The van der Waals surface area contributed by atoms with Gasteiger partial charge in [0.05, 0.1) is 87.0 Å². The monoisotopic (exact) mass is 1620 g/mol. The SMILES string of the molecule is C=C1C[C@H](CCC2OCCO2)O[C@H]1CC[C@H]1C[C@@H](C)C(=C)[C@@H](C[C@@H]2O[C@H](CC(CO[Si](C)(C)C(C)(C)C)O[Si](C)(C)C(C)(C)C)[C@H](OC)[C@H]2CC[C@@H](c2cccc(S(=O)[O-])c2)C2CC[C@@H]3O[C@H]([C@@H](/C=C/I)O[Si](C)(C)C(C)(C)C)C(O[Si](C)(C)C(C)(C)C)C(O[Si](C)(C)C(C)(C)C)[C@H]3O2)O1. The number of methoxy groups -OCH3 is 1. The zero-order valence-corrected chi connectivity index (χ0v) is 75.3. The minimum Gasteiger partial charge on any atom is -0.768 e. The lowest BCUT2D eigenvalue weighted by Crippen LogP contribution is -2.69. The molecule has 0 bridgehead atoms. The first-order valence-corrected chi connectivity index (χ1v) is 55.0. The summed E-state index contributed by atoms with van der Waals surface area (Å²) in [4.78, 5) is 0.243. The smallest absolute Gasteiger partial charge is 0.193 e. The number of benzene rings is 1. The van der Waals surface area contributed by atoms with Gasteiger partial charge < -0.3 is 64.6 Å². The second-order valence-electron chi connectivity index (χ2n) is 38.2. The molecule has 19 atom stereocenters. The lowest BCUT2D eigenvalue weighted by Gasteiger charge is -2.56. The zero-order valence-electron chi connectivity index (χ0n) is 67.4. The number of hydrogen-bond acceptors (Lipinski definition) is 15. The maximum absolute atomic E-state index is 13.1. The van der Waals surface area contributed by atoms with E-state index in [1.165, 1.54) is 0 Å². The minimum absolute atomic E-state index is 0.00347. The van der Waals surface area contributed by atoms with Crippen molar-refractivity contribution >= 4 is 75.3 Å². The molecule has 1 aromatic carbocycles. The Bertz CT molecular complexity index is 2870. The summed E-state index contributed by atoms with van der Waals surface area (Å²) < 4.78 is 122. The van der Waals surface area contributed by atoms with Crippen molar-refractivity contribution in [1.82, 2.24) is 0 Å². The Morgan fingerprint density at radius 2 is 1.23 bits per heavy atom. The third-order valence-electron chi connectivity index (χ3n) is 25.8. The van der Waals surface area contributed by atoms with Crippen molar-refractivity contribution in [2.75, 3.05) is 26.9 Å². The van der Waals surface area contributed by atoms with Crippen LogP contribution in [0.1, 0.15) is 199 Å². The van der Waals surface area contributed by atoms with Crippen LogP contribution in [0.2, 0.25) is 90.7 Å². The standard InChI is InChI=1S/C78H141IO15SSi5/c1-51-45-55(33-37-61-52(2)46-56(86-61)34-40-68-83-43-44-84-68)87-65(53(51)3)49-66-60(69(82-19)67(88-66)48-57(91-97(22,23)75(7,8)9)50-85-96(20,21)74(4,5)6)36-35-59(54-31-30-32-58(47-54)95(80)81)62-38-39-63-70(89-62)72(93-99(26,27)77(13,14)15)73(94-100(28,29)78(16,17)18)71(90-63)64(41-42-79)92-98(24,25)76(10,11)12/h30-32,41-42,47,51,55-57,59-73H,2-3,33-40,43-46,48-50H2,1,4-29H3,(H,80,81)/p-1/b42-41+/t51-,55+,56+,57?,59+,60+,61+,62?,63+,64-,65-,66+,67-,69-,70+,71-,72?,73?/m1/s1. The number of hydrogen-bond donors (Lipinski definition) is 0. The van der Waals surface area contributed by atoms with Gasteiger partial charge in [-0.1, -0.05) is 159 Å². The Hall–Kier alpha value is -0.156. The average molecular weight is 1620 g/mol. The van der Waals surface area contributed by atoms with Crippen LogP contribution in [0.15, 0.2) is 63.6 Å². The fraction of sp³-hybridized carbons (Fsp3) is 0.846. The highest BCUT2D eigenvalue weighted by atomic mass is 127. The first kappa shape index (κ1) is 87.1. The van der Waals surface area contributed by atoms with Crippen molar-refractivity contribution < 1.29 is 68.8 Å². The highest BCUT2D eigenvalue weighted by Crippen LogP contribution is 2.51. The first-order chi connectivity index (χ1) is 45.9. The zero-order chi connectivity index (χ0) is 74.9. The molecule has 7 rings (SSSR count). The van der Waals surface area contributed by atoms with Crippen LogP contribution in [0.4, 0.5) is 0 Å². The van der Waals surface area contributed by atoms with Gasteiger partial charge in [-0.25, -0.2) is 0 Å². The summed E-state index contributed by atoms with van der Waals surface area (Å²) in [5, 5.41) is -0.394. The quantitative estimate of drug-likeness (QED) is 0.0309. The minimum atomic E-state index is -2.59. The second-order valence-corrected chi connectivity index (χ2v) is 63.7. The molecule has 6 aliphatic rings. The van der Waals surface area contributed by atoms with Crippen LogP contribution in [0.25, 0.3) is 0 Å². The molecule has 0 radical (unpaired) electrons. The van der Waals surface area contributed by atoms with Gasteiger partial charge in [0, 0.05) is 43.1 Å². The summed E-state index contributed by atoms with van der Waals surface area (Å²) in [5.41, 5.74) is 3.15. The van der Waals surface area contributed by atoms with Crippen LogP contribution in [0, 0.1) is 11.8 Å². The Kier molecular flexibility index (Phi) is 30.0. The molecule has 0 amide bonds. The van der Waals surface area contributed by atoms with Crippen LogP contribution in [0.3, 0.4) is 0 Å². The van der Waals surface area contributed by atoms with Gasteiger partial charge in [-0.2, -0.15) is 0 Å². The third kappa shape index (κ3) is 21.9. The lowest BCUT2D eigenvalue weighted by atomic mass is 9.78. The molecular weight excluding hydrogens is 1480 g/mol. The molecule has 6 fully saturated rings. The summed E-state index contributed by atoms with van der Waals surface area (Å²) in [6.45, 7) is 71.0. The molecule has 6 aliphatic heterocycles. The summed E-state index contributed by atoms with van der Waals surface area (Å²) in [6.07, 6.45) is 6.43. The molecule has 1 aromatic rings. The normalized spacial score (nSPS) is 31.3. The number of halogens is 1. The van der Waals surface area contributed by atoms with E-state index in [4.69, 9.17) is 66.6 Å². The number of rotatable bonds is 30. The van der Waals surface area contributed by atoms with E-state index in [0.29, 0.717) is 58.3 Å². The van der Waals surface area contributed by atoms with Crippen LogP contribution in [-0.4, -0.2) is 175 Å². The van der Waals surface area contributed by atoms with Gasteiger partial charge in [-0.3, -0.25) is 4.21 Å². The second kappa shape index (κ2) is 34.4. The van der Waals surface area contributed by atoms with Gasteiger partial charge in [0.25, 0.3) is 0 Å². The Morgan fingerprint density at radius 3 is 1.80 bits per heavy atom. The van der Waals surface area contributed by atoms with Crippen molar-refractivity contribution in [2.45, 2.75) is 387 Å². The van der Waals surface area contributed by atoms with Crippen molar-refractivity contribution in [3.8, 4) is 0 Å². The van der Waals surface area contributed by atoms with Gasteiger partial charge in [0.15, 0.2) is 47.9 Å².